The Morgan fingerprint density at radius 1 is 1.33 bits per heavy atom. The fourth-order valence-electron chi connectivity index (χ4n) is 2.66. The van der Waals surface area contributed by atoms with E-state index in [1.807, 2.05) is 0 Å². The maximum absolute atomic E-state index is 4.85. The van der Waals surface area contributed by atoms with Gasteiger partial charge in [-0.2, -0.15) is 0 Å². The van der Waals surface area contributed by atoms with Crippen LogP contribution in [0.5, 0.6) is 0 Å². The number of aromatic nitrogens is 1. The van der Waals surface area contributed by atoms with Gasteiger partial charge in [-0.1, -0.05) is 45.0 Å². The van der Waals surface area contributed by atoms with Gasteiger partial charge >= 0.3 is 0 Å². The molecule has 3 rings (SSSR count). The molecule has 1 aliphatic rings. The van der Waals surface area contributed by atoms with Crippen LogP contribution in [0.1, 0.15) is 73.3 Å². The van der Waals surface area contributed by atoms with Crippen LogP contribution in [0, 0.1) is 0 Å². The molecule has 1 aromatic carbocycles. The predicted octanol–water partition coefficient (Wildman–Crippen LogP) is 4.84. The highest BCUT2D eigenvalue weighted by atomic mass is 32.1. The van der Waals surface area contributed by atoms with Gasteiger partial charge in [0.1, 0.15) is 5.01 Å². The number of hydrogen-bond acceptors (Lipinski definition) is 3. The van der Waals surface area contributed by atoms with Crippen molar-refractivity contribution in [3.63, 3.8) is 0 Å². The molecule has 1 aromatic heterocycles. The van der Waals surface area contributed by atoms with Crippen LogP contribution >= 0.6 is 11.3 Å². The summed E-state index contributed by atoms with van der Waals surface area (Å²) in [6, 6.07) is 9.30. The summed E-state index contributed by atoms with van der Waals surface area (Å²) in [5.74, 6) is 1.30. The van der Waals surface area contributed by atoms with E-state index < -0.39 is 0 Å². The lowest BCUT2D eigenvalue weighted by Crippen LogP contribution is -2.22. The van der Waals surface area contributed by atoms with Gasteiger partial charge in [0.25, 0.3) is 0 Å². The van der Waals surface area contributed by atoms with E-state index in [1.165, 1.54) is 34.7 Å². The van der Waals surface area contributed by atoms with Gasteiger partial charge in [0.15, 0.2) is 0 Å². The number of thiazole rings is 1. The average molecular weight is 300 g/mol. The van der Waals surface area contributed by atoms with Crippen molar-refractivity contribution in [1.29, 1.82) is 0 Å². The number of nitrogens with zero attached hydrogens (tertiary/aromatic N) is 1. The van der Waals surface area contributed by atoms with E-state index in [4.69, 9.17) is 4.98 Å². The van der Waals surface area contributed by atoms with Crippen LogP contribution in [0.2, 0.25) is 0 Å². The second-order valence-corrected chi connectivity index (χ2v) is 7.09. The largest absolute Gasteiger partial charge is 0.305 e. The first-order chi connectivity index (χ1) is 10.2. The molecule has 2 aromatic rings. The number of rotatable bonds is 6. The van der Waals surface area contributed by atoms with Crippen LogP contribution < -0.4 is 5.32 Å². The second-order valence-electron chi connectivity index (χ2n) is 6.20. The topological polar surface area (TPSA) is 24.9 Å². The third kappa shape index (κ3) is 3.35. The first kappa shape index (κ1) is 14.7. The Balaban J connectivity index is 1.90. The third-order valence-electron chi connectivity index (χ3n) is 4.08. The summed E-state index contributed by atoms with van der Waals surface area (Å²) >= 11 is 1.78. The minimum Gasteiger partial charge on any atom is -0.305 e. The molecule has 1 N–H and O–H groups in total. The van der Waals surface area contributed by atoms with Crippen molar-refractivity contribution in [2.24, 2.45) is 0 Å². The van der Waals surface area contributed by atoms with Crippen molar-refractivity contribution in [3.05, 3.63) is 51.5 Å². The Labute approximate surface area is 131 Å². The van der Waals surface area contributed by atoms with Crippen molar-refractivity contribution in [1.82, 2.24) is 10.3 Å². The summed E-state index contributed by atoms with van der Waals surface area (Å²) < 4.78 is 0. The normalized spacial score (nSPS) is 16.4. The minimum absolute atomic E-state index is 0.228. The molecule has 1 heterocycles. The lowest BCUT2D eigenvalue weighted by atomic mass is 10.0. The molecule has 21 heavy (non-hydrogen) atoms. The fourth-order valence-corrected chi connectivity index (χ4v) is 3.74. The molecule has 1 saturated carbocycles. The van der Waals surface area contributed by atoms with Crippen LogP contribution in [-0.4, -0.2) is 11.5 Å². The highest BCUT2D eigenvalue weighted by Gasteiger charge is 2.25. The van der Waals surface area contributed by atoms with Crippen LogP contribution in [0.25, 0.3) is 0 Å². The minimum atomic E-state index is 0.228. The summed E-state index contributed by atoms with van der Waals surface area (Å²) in [6.45, 7) is 7.52. The van der Waals surface area contributed by atoms with E-state index in [9.17, 15) is 0 Å². The smallest absolute Gasteiger partial charge is 0.114 e. The van der Waals surface area contributed by atoms with Gasteiger partial charge in [-0.05, 0) is 42.3 Å². The summed E-state index contributed by atoms with van der Waals surface area (Å²) in [5, 5.41) is 6.99. The number of hydrogen-bond donors (Lipinski definition) is 1. The molecule has 2 nitrogen and oxygen atoms in total. The van der Waals surface area contributed by atoms with Gasteiger partial charge in [-0.25, -0.2) is 4.98 Å². The maximum atomic E-state index is 4.85. The van der Waals surface area contributed by atoms with Crippen LogP contribution in [0.3, 0.4) is 0 Å². The second kappa shape index (κ2) is 6.29. The molecule has 112 valence electrons. The molecule has 1 atom stereocenters. The molecular weight excluding hydrogens is 276 g/mol. The van der Waals surface area contributed by atoms with E-state index >= 15 is 0 Å². The molecule has 0 bridgehead atoms. The molecule has 0 saturated heterocycles. The molecule has 0 aliphatic heterocycles. The van der Waals surface area contributed by atoms with Gasteiger partial charge < -0.3 is 5.32 Å². The molecule has 0 radical (unpaired) electrons. The first-order valence-corrected chi connectivity index (χ1v) is 8.85. The molecule has 3 heteroatoms. The standard InChI is InChI=1S/C18H24N2S/c1-4-19-17(18-20-16(11-21-18)12(2)3)15-7-5-6-14(10-15)13-8-9-13/h5-7,10-13,17,19H,4,8-9H2,1-3H3. The highest BCUT2D eigenvalue weighted by molar-refractivity contribution is 7.09. The zero-order valence-electron chi connectivity index (χ0n) is 13.1. The molecule has 1 aliphatic carbocycles. The zero-order valence-corrected chi connectivity index (χ0v) is 13.9. The summed E-state index contributed by atoms with van der Waals surface area (Å²) in [6.07, 6.45) is 2.70. The van der Waals surface area contributed by atoms with Crippen molar-refractivity contribution in [3.8, 4) is 0 Å². The van der Waals surface area contributed by atoms with Crippen molar-refractivity contribution in [2.45, 2.75) is 51.5 Å². The van der Waals surface area contributed by atoms with Gasteiger partial charge in [0.2, 0.25) is 0 Å². The maximum Gasteiger partial charge on any atom is 0.114 e. The Kier molecular flexibility index (Phi) is 4.41. The summed E-state index contributed by atoms with van der Waals surface area (Å²) in [4.78, 5) is 4.85. The fraction of sp³-hybridized carbons (Fsp3) is 0.500. The number of nitrogens with one attached hydrogen (secondary N) is 1. The van der Waals surface area contributed by atoms with E-state index in [0.29, 0.717) is 5.92 Å². The first-order valence-electron chi connectivity index (χ1n) is 7.97. The van der Waals surface area contributed by atoms with Crippen LogP contribution in [0.4, 0.5) is 0 Å². The van der Waals surface area contributed by atoms with Gasteiger partial charge in [-0.3, -0.25) is 0 Å². The van der Waals surface area contributed by atoms with Gasteiger partial charge in [-0.15, -0.1) is 11.3 Å². The predicted molar refractivity (Wildman–Crippen MR) is 90.1 cm³/mol. The van der Waals surface area contributed by atoms with Gasteiger partial charge in [0, 0.05) is 5.38 Å². The Hall–Kier alpha value is -1.19. The van der Waals surface area contributed by atoms with E-state index in [1.54, 1.807) is 11.3 Å². The third-order valence-corrected chi connectivity index (χ3v) is 5.01. The van der Waals surface area contributed by atoms with Crippen molar-refractivity contribution >= 4 is 11.3 Å². The van der Waals surface area contributed by atoms with E-state index in [0.717, 1.165) is 12.5 Å². The summed E-state index contributed by atoms with van der Waals surface area (Å²) in [5.41, 5.74) is 4.05. The van der Waals surface area contributed by atoms with Crippen LogP contribution in [0.15, 0.2) is 29.6 Å². The molecule has 0 amide bonds. The quantitative estimate of drug-likeness (QED) is 0.825. The zero-order chi connectivity index (χ0) is 14.8. The Morgan fingerprint density at radius 3 is 2.76 bits per heavy atom. The van der Waals surface area contributed by atoms with E-state index in [2.05, 4.69) is 55.7 Å². The van der Waals surface area contributed by atoms with Gasteiger partial charge in [0.05, 0.1) is 11.7 Å². The van der Waals surface area contributed by atoms with Crippen molar-refractivity contribution < 1.29 is 0 Å². The van der Waals surface area contributed by atoms with Crippen LogP contribution in [-0.2, 0) is 0 Å². The average Bonchev–Trinajstić information content (AvgIpc) is 3.22. The van der Waals surface area contributed by atoms with Crippen molar-refractivity contribution in [2.75, 3.05) is 6.54 Å². The summed E-state index contributed by atoms with van der Waals surface area (Å²) in [7, 11) is 0. The highest BCUT2D eigenvalue weighted by Crippen LogP contribution is 2.41. The Morgan fingerprint density at radius 2 is 2.14 bits per heavy atom. The SMILES string of the molecule is CCNC(c1cccc(C2CC2)c1)c1nc(C(C)C)cs1. The number of benzene rings is 1. The molecule has 1 unspecified atom stereocenters. The molecular formula is C18H24N2S. The Bertz CT molecular complexity index is 599. The molecule has 1 fully saturated rings. The lowest BCUT2D eigenvalue weighted by Gasteiger charge is -2.17. The lowest BCUT2D eigenvalue weighted by molar-refractivity contribution is 0.622. The molecule has 0 spiro atoms. The van der Waals surface area contributed by atoms with E-state index in [-0.39, 0.29) is 6.04 Å². The monoisotopic (exact) mass is 300 g/mol.